The van der Waals surface area contributed by atoms with Crippen molar-refractivity contribution in [3.63, 3.8) is 0 Å². The lowest BCUT2D eigenvalue weighted by atomic mass is 10.2. The largest absolute Gasteiger partial charge is 0.481 e. The summed E-state index contributed by atoms with van der Waals surface area (Å²) in [4.78, 5) is 13.1. The molecule has 1 aliphatic heterocycles. The zero-order valence-electron chi connectivity index (χ0n) is 10.9. The number of nitrogens with zero attached hydrogens (tertiary/aromatic N) is 1. The molecule has 0 spiro atoms. The van der Waals surface area contributed by atoms with Crippen molar-refractivity contribution in [2.45, 2.75) is 32.9 Å². The molecule has 17 heavy (non-hydrogen) atoms. The fourth-order valence-electron chi connectivity index (χ4n) is 1.76. The number of hydrogen-bond acceptors (Lipinski definition) is 4. The molecule has 1 saturated heterocycles. The van der Waals surface area contributed by atoms with Crippen LogP contribution in [0, 0.1) is 5.92 Å². The quantitative estimate of drug-likeness (QED) is 0.786. The van der Waals surface area contributed by atoms with Gasteiger partial charge in [-0.3, -0.25) is 9.69 Å². The van der Waals surface area contributed by atoms with Crippen molar-refractivity contribution >= 4 is 17.7 Å². The first-order valence-electron chi connectivity index (χ1n) is 6.17. The van der Waals surface area contributed by atoms with Gasteiger partial charge in [-0.25, -0.2) is 0 Å². The van der Waals surface area contributed by atoms with E-state index in [4.69, 9.17) is 9.84 Å². The van der Waals surface area contributed by atoms with Crippen molar-refractivity contribution < 1.29 is 14.6 Å². The standard InChI is InChI=1S/C12H23NO3S/c1-9(2)13-4-5-16-11(6-13)8-17-7-10(3)12(14)15/h9-11H,4-8H2,1-3H3,(H,14,15). The van der Waals surface area contributed by atoms with Crippen LogP contribution >= 0.6 is 11.8 Å². The maximum atomic E-state index is 10.7. The Morgan fingerprint density at radius 2 is 2.24 bits per heavy atom. The minimum absolute atomic E-state index is 0.247. The predicted molar refractivity (Wildman–Crippen MR) is 70.6 cm³/mol. The topological polar surface area (TPSA) is 49.8 Å². The van der Waals surface area contributed by atoms with Gasteiger partial charge < -0.3 is 9.84 Å². The molecule has 0 bridgehead atoms. The number of carboxylic acid groups (broad SMARTS) is 1. The van der Waals surface area contributed by atoms with E-state index in [2.05, 4.69) is 18.7 Å². The molecule has 0 aromatic rings. The van der Waals surface area contributed by atoms with E-state index in [1.165, 1.54) is 0 Å². The Labute approximate surface area is 108 Å². The number of ether oxygens (including phenoxy) is 1. The van der Waals surface area contributed by atoms with E-state index < -0.39 is 5.97 Å². The Morgan fingerprint density at radius 1 is 1.53 bits per heavy atom. The molecule has 0 aliphatic carbocycles. The van der Waals surface area contributed by atoms with Crippen LogP contribution < -0.4 is 0 Å². The van der Waals surface area contributed by atoms with Crippen LogP contribution in [0.2, 0.25) is 0 Å². The average molecular weight is 261 g/mol. The van der Waals surface area contributed by atoms with Gasteiger partial charge in [0.05, 0.1) is 18.6 Å². The highest BCUT2D eigenvalue weighted by Crippen LogP contribution is 2.15. The van der Waals surface area contributed by atoms with Crippen molar-refractivity contribution in [2.24, 2.45) is 5.92 Å². The van der Waals surface area contributed by atoms with E-state index in [1.54, 1.807) is 18.7 Å². The Morgan fingerprint density at radius 3 is 2.82 bits per heavy atom. The molecule has 5 heteroatoms. The van der Waals surface area contributed by atoms with Crippen LogP contribution in [-0.2, 0) is 9.53 Å². The first kappa shape index (κ1) is 14.8. The van der Waals surface area contributed by atoms with Gasteiger partial charge in [-0.15, -0.1) is 0 Å². The van der Waals surface area contributed by atoms with Crippen molar-refractivity contribution in [3.05, 3.63) is 0 Å². The molecule has 1 rings (SSSR count). The predicted octanol–water partition coefficient (Wildman–Crippen LogP) is 1.55. The maximum Gasteiger partial charge on any atom is 0.307 e. The highest BCUT2D eigenvalue weighted by atomic mass is 32.2. The summed E-state index contributed by atoms with van der Waals surface area (Å²) in [6.45, 7) is 8.90. The van der Waals surface area contributed by atoms with E-state index in [0.29, 0.717) is 11.8 Å². The third-order valence-electron chi connectivity index (χ3n) is 2.99. The highest BCUT2D eigenvalue weighted by Gasteiger charge is 2.22. The van der Waals surface area contributed by atoms with Crippen LogP contribution in [0.25, 0.3) is 0 Å². The molecule has 100 valence electrons. The SMILES string of the molecule is CC(CSCC1CN(C(C)C)CCO1)C(=O)O. The second kappa shape index (κ2) is 7.24. The number of rotatable bonds is 6. The van der Waals surface area contributed by atoms with E-state index in [1.807, 2.05) is 0 Å². The molecule has 1 aliphatic rings. The number of thioether (sulfide) groups is 1. The molecule has 2 unspecified atom stereocenters. The zero-order valence-corrected chi connectivity index (χ0v) is 11.7. The summed E-state index contributed by atoms with van der Waals surface area (Å²) in [5.41, 5.74) is 0. The molecule has 0 radical (unpaired) electrons. The van der Waals surface area contributed by atoms with Gasteiger partial charge in [0.2, 0.25) is 0 Å². The second-order valence-electron chi connectivity index (χ2n) is 4.86. The van der Waals surface area contributed by atoms with Gasteiger partial charge in [-0.2, -0.15) is 11.8 Å². The van der Waals surface area contributed by atoms with Crippen LogP contribution in [0.3, 0.4) is 0 Å². The summed E-state index contributed by atoms with van der Waals surface area (Å²) in [5.74, 6) is 0.563. The lowest BCUT2D eigenvalue weighted by molar-refractivity contribution is -0.140. The zero-order chi connectivity index (χ0) is 12.8. The molecule has 0 aromatic carbocycles. The number of aliphatic carboxylic acids is 1. The summed E-state index contributed by atoms with van der Waals surface area (Å²) in [6.07, 6.45) is 0.247. The van der Waals surface area contributed by atoms with Crippen LogP contribution in [0.5, 0.6) is 0 Å². The van der Waals surface area contributed by atoms with Crippen LogP contribution in [0.4, 0.5) is 0 Å². The summed E-state index contributed by atoms with van der Waals surface area (Å²) >= 11 is 1.68. The number of carbonyl (C=O) groups is 1. The first-order valence-corrected chi connectivity index (χ1v) is 7.32. The lowest BCUT2D eigenvalue weighted by Crippen LogP contribution is -2.46. The molecule has 1 fully saturated rings. The molecule has 2 atom stereocenters. The fraction of sp³-hybridized carbons (Fsp3) is 0.917. The van der Waals surface area contributed by atoms with Crippen molar-refractivity contribution in [2.75, 3.05) is 31.2 Å². The lowest BCUT2D eigenvalue weighted by Gasteiger charge is -2.35. The van der Waals surface area contributed by atoms with Gasteiger partial charge in [0.25, 0.3) is 0 Å². The molecular weight excluding hydrogens is 238 g/mol. The monoisotopic (exact) mass is 261 g/mol. The van der Waals surface area contributed by atoms with Gasteiger partial charge in [0.15, 0.2) is 0 Å². The smallest absolute Gasteiger partial charge is 0.307 e. The van der Waals surface area contributed by atoms with Gasteiger partial charge in [-0.05, 0) is 13.8 Å². The van der Waals surface area contributed by atoms with Crippen molar-refractivity contribution in [3.8, 4) is 0 Å². The molecule has 0 aromatic heterocycles. The van der Waals surface area contributed by atoms with Gasteiger partial charge >= 0.3 is 5.97 Å². The van der Waals surface area contributed by atoms with E-state index >= 15 is 0 Å². The second-order valence-corrected chi connectivity index (χ2v) is 5.93. The third-order valence-corrected chi connectivity index (χ3v) is 4.34. The maximum absolute atomic E-state index is 10.7. The number of hydrogen-bond donors (Lipinski definition) is 1. The van der Waals surface area contributed by atoms with E-state index in [0.717, 1.165) is 25.4 Å². The summed E-state index contributed by atoms with van der Waals surface area (Å²) in [6, 6.07) is 0.560. The Kier molecular flexibility index (Phi) is 6.30. The van der Waals surface area contributed by atoms with Crippen LogP contribution in [-0.4, -0.2) is 59.3 Å². The molecule has 4 nitrogen and oxygen atoms in total. The highest BCUT2D eigenvalue weighted by molar-refractivity contribution is 7.99. The average Bonchev–Trinajstić information content (AvgIpc) is 2.29. The molecule has 1 heterocycles. The van der Waals surface area contributed by atoms with Crippen LogP contribution in [0.1, 0.15) is 20.8 Å². The van der Waals surface area contributed by atoms with Gasteiger partial charge in [-0.1, -0.05) is 6.92 Å². The summed E-state index contributed by atoms with van der Waals surface area (Å²) in [5, 5.41) is 8.78. The number of carboxylic acids is 1. The van der Waals surface area contributed by atoms with Crippen molar-refractivity contribution in [1.82, 2.24) is 4.90 Å². The summed E-state index contributed by atoms with van der Waals surface area (Å²) in [7, 11) is 0. The number of morpholine rings is 1. The minimum Gasteiger partial charge on any atom is -0.481 e. The Bertz CT molecular complexity index is 248. The first-order chi connectivity index (χ1) is 8.00. The minimum atomic E-state index is -0.717. The molecule has 0 amide bonds. The molecule has 1 N–H and O–H groups in total. The van der Waals surface area contributed by atoms with Crippen molar-refractivity contribution in [1.29, 1.82) is 0 Å². The van der Waals surface area contributed by atoms with Crippen LogP contribution in [0.15, 0.2) is 0 Å². The normalized spacial score (nSPS) is 23.9. The Balaban J connectivity index is 2.21. The fourth-order valence-corrected chi connectivity index (χ4v) is 2.86. The van der Waals surface area contributed by atoms with Gasteiger partial charge in [0, 0.05) is 30.6 Å². The Hall–Kier alpha value is -0.260. The van der Waals surface area contributed by atoms with E-state index in [9.17, 15) is 4.79 Å². The van der Waals surface area contributed by atoms with Gasteiger partial charge in [0.1, 0.15) is 0 Å². The molecular formula is C12H23NO3S. The van der Waals surface area contributed by atoms with E-state index in [-0.39, 0.29) is 12.0 Å². The summed E-state index contributed by atoms with van der Waals surface area (Å²) < 4.78 is 5.69. The molecule has 0 saturated carbocycles. The third kappa shape index (κ3) is 5.27.